The lowest BCUT2D eigenvalue weighted by Gasteiger charge is -1.83. The van der Waals surface area contributed by atoms with Crippen molar-refractivity contribution in [2.75, 3.05) is 0 Å². The summed E-state index contributed by atoms with van der Waals surface area (Å²) in [5, 5.41) is 2.49. The molecule has 1 nitrogen and oxygen atoms in total. The third-order valence-corrected chi connectivity index (χ3v) is 3.03. The van der Waals surface area contributed by atoms with Crippen molar-refractivity contribution in [3.63, 3.8) is 0 Å². The van der Waals surface area contributed by atoms with Crippen molar-refractivity contribution >= 4 is 22.7 Å². The second kappa shape index (κ2) is 2.71. The molecule has 0 radical (unpaired) electrons. The van der Waals surface area contributed by atoms with Gasteiger partial charge < -0.3 is 0 Å². The van der Waals surface area contributed by atoms with Crippen LogP contribution in [0.5, 0.6) is 0 Å². The zero-order valence-corrected chi connectivity index (χ0v) is 7.08. The van der Waals surface area contributed by atoms with E-state index < -0.39 is 0 Å². The summed E-state index contributed by atoms with van der Waals surface area (Å²) in [6.07, 6.45) is 1.25. The van der Waals surface area contributed by atoms with E-state index in [-0.39, 0.29) is 5.13 Å². The highest BCUT2D eigenvalue weighted by molar-refractivity contribution is 7.20. The molecule has 0 aromatic carbocycles. The van der Waals surface area contributed by atoms with Gasteiger partial charge in [-0.1, -0.05) is 17.4 Å². The summed E-state index contributed by atoms with van der Waals surface area (Å²) in [6, 6.07) is 3.86. The Morgan fingerprint density at radius 3 is 2.91 bits per heavy atom. The SMILES string of the molecule is Fc1cnc(-c2cccs2)s1. The molecule has 4 heteroatoms. The van der Waals surface area contributed by atoms with Gasteiger partial charge in [0.25, 0.3) is 0 Å². The summed E-state index contributed by atoms with van der Waals surface area (Å²) >= 11 is 2.65. The van der Waals surface area contributed by atoms with Crippen LogP contribution in [0.2, 0.25) is 0 Å². The number of halogens is 1. The van der Waals surface area contributed by atoms with Crippen molar-refractivity contribution in [2.45, 2.75) is 0 Å². The number of nitrogens with zero attached hydrogens (tertiary/aromatic N) is 1. The van der Waals surface area contributed by atoms with E-state index in [0.29, 0.717) is 0 Å². The molecule has 2 aromatic rings. The van der Waals surface area contributed by atoms with Crippen LogP contribution in [0.1, 0.15) is 0 Å². The summed E-state index contributed by atoms with van der Waals surface area (Å²) in [7, 11) is 0. The topological polar surface area (TPSA) is 12.9 Å². The van der Waals surface area contributed by atoms with Crippen LogP contribution in [0.3, 0.4) is 0 Å². The van der Waals surface area contributed by atoms with Gasteiger partial charge in [-0.05, 0) is 11.4 Å². The Hall–Kier alpha value is -0.740. The van der Waals surface area contributed by atoms with Crippen molar-refractivity contribution in [3.05, 3.63) is 28.8 Å². The third-order valence-electron chi connectivity index (χ3n) is 1.21. The second-order valence-corrected chi connectivity index (χ2v) is 3.88. The minimum absolute atomic E-state index is 0.228. The number of aromatic nitrogens is 1. The number of hydrogen-bond acceptors (Lipinski definition) is 3. The molecular formula is C7H4FNS2. The van der Waals surface area contributed by atoms with Crippen LogP contribution in [0.4, 0.5) is 4.39 Å². The van der Waals surface area contributed by atoms with Crippen molar-refractivity contribution in [1.29, 1.82) is 0 Å². The zero-order valence-electron chi connectivity index (χ0n) is 5.45. The van der Waals surface area contributed by atoms with Crippen molar-refractivity contribution < 1.29 is 4.39 Å². The highest BCUT2D eigenvalue weighted by Crippen LogP contribution is 2.27. The molecule has 2 heterocycles. The monoisotopic (exact) mass is 185 g/mol. The maximum absolute atomic E-state index is 12.5. The molecule has 0 unspecified atom stereocenters. The van der Waals surface area contributed by atoms with Crippen LogP contribution in [0.25, 0.3) is 9.88 Å². The van der Waals surface area contributed by atoms with Crippen LogP contribution in [-0.2, 0) is 0 Å². The van der Waals surface area contributed by atoms with Gasteiger partial charge in [0.05, 0.1) is 11.1 Å². The average Bonchev–Trinajstić information content (AvgIpc) is 2.55. The molecule has 0 bridgehead atoms. The summed E-state index contributed by atoms with van der Waals surface area (Å²) in [5.41, 5.74) is 0. The van der Waals surface area contributed by atoms with Gasteiger partial charge in [-0.2, -0.15) is 4.39 Å². The largest absolute Gasteiger partial charge is 0.240 e. The van der Waals surface area contributed by atoms with Gasteiger partial charge in [-0.3, -0.25) is 0 Å². The summed E-state index contributed by atoms with van der Waals surface area (Å²) < 4.78 is 12.5. The number of thiazole rings is 1. The van der Waals surface area contributed by atoms with E-state index in [9.17, 15) is 4.39 Å². The molecule has 11 heavy (non-hydrogen) atoms. The summed E-state index contributed by atoms with van der Waals surface area (Å²) in [6.45, 7) is 0. The van der Waals surface area contributed by atoms with Crippen LogP contribution in [0.15, 0.2) is 23.7 Å². The molecular weight excluding hydrogens is 181 g/mol. The average molecular weight is 185 g/mol. The Balaban J connectivity index is 2.45. The van der Waals surface area contributed by atoms with Gasteiger partial charge in [0, 0.05) is 0 Å². The second-order valence-electron chi connectivity index (χ2n) is 1.95. The Morgan fingerprint density at radius 1 is 1.45 bits per heavy atom. The predicted molar refractivity (Wildman–Crippen MR) is 45.4 cm³/mol. The summed E-state index contributed by atoms with van der Waals surface area (Å²) in [5.74, 6) is 0. The third kappa shape index (κ3) is 1.32. The molecule has 0 atom stereocenters. The van der Waals surface area contributed by atoms with Crippen LogP contribution in [-0.4, -0.2) is 4.98 Å². The smallest absolute Gasteiger partial charge is 0.196 e. The lowest BCUT2D eigenvalue weighted by molar-refractivity contribution is 0.653. The molecule has 0 aliphatic carbocycles. The van der Waals surface area contributed by atoms with E-state index in [2.05, 4.69) is 4.98 Å². The minimum atomic E-state index is -0.228. The van der Waals surface area contributed by atoms with Crippen LogP contribution < -0.4 is 0 Å². The van der Waals surface area contributed by atoms with E-state index >= 15 is 0 Å². The quantitative estimate of drug-likeness (QED) is 0.665. The van der Waals surface area contributed by atoms with Gasteiger partial charge in [-0.25, -0.2) is 4.98 Å². The molecule has 0 saturated carbocycles. The molecule has 2 rings (SSSR count). The fraction of sp³-hybridized carbons (Fsp3) is 0. The zero-order chi connectivity index (χ0) is 7.68. The first-order valence-corrected chi connectivity index (χ1v) is 4.71. The van der Waals surface area contributed by atoms with Crippen LogP contribution >= 0.6 is 22.7 Å². The molecule has 0 N–H and O–H groups in total. The lowest BCUT2D eigenvalue weighted by Crippen LogP contribution is -1.63. The Morgan fingerprint density at radius 2 is 2.36 bits per heavy atom. The first kappa shape index (κ1) is 6.94. The van der Waals surface area contributed by atoms with Crippen LogP contribution in [0, 0.1) is 5.13 Å². The molecule has 0 amide bonds. The maximum Gasteiger partial charge on any atom is 0.196 e. The highest BCUT2D eigenvalue weighted by Gasteiger charge is 2.03. The number of thiophene rings is 1. The van der Waals surface area contributed by atoms with E-state index in [1.165, 1.54) is 6.20 Å². The minimum Gasteiger partial charge on any atom is -0.240 e. The van der Waals surface area contributed by atoms with E-state index in [0.717, 1.165) is 21.2 Å². The van der Waals surface area contributed by atoms with E-state index in [1.807, 2.05) is 17.5 Å². The first-order valence-electron chi connectivity index (χ1n) is 3.01. The van der Waals surface area contributed by atoms with Gasteiger partial charge in [0.1, 0.15) is 5.01 Å². The predicted octanol–water partition coefficient (Wildman–Crippen LogP) is 3.01. The van der Waals surface area contributed by atoms with Gasteiger partial charge >= 0.3 is 0 Å². The molecule has 2 aromatic heterocycles. The van der Waals surface area contributed by atoms with Crippen molar-refractivity contribution in [3.8, 4) is 9.88 Å². The first-order chi connectivity index (χ1) is 5.36. The molecule has 0 aliphatic heterocycles. The molecule has 0 fully saturated rings. The normalized spacial score (nSPS) is 10.3. The molecule has 0 saturated heterocycles. The maximum atomic E-state index is 12.5. The Kier molecular flexibility index (Phi) is 1.71. The summed E-state index contributed by atoms with van der Waals surface area (Å²) in [4.78, 5) is 4.94. The fourth-order valence-corrected chi connectivity index (χ4v) is 2.22. The fourth-order valence-electron chi connectivity index (χ4n) is 0.769. The molecule has 0 spiro atoms. The molecule has 56 valence electrons. The van der Waals surface area contributed by atoms with E-state index in [1.54, 1.807) is 11.3 Å². The van der Waals surface area contributed by atoms with Crippen molar-refractivity contribution in [2.24, 2.45) is 0 Å². The van der Waals surface area contributed by atoms with E-state index in [4.69, 9.17) is 0 Å². The van der Waals surface area contributed by atoms with Crippen molar-refractivity contribution in [1.82, 2.24) is 4.98 Å². The Labute approximate surface area is 71.2 Å². The highest BCUT2D eigenvalue weighted by atomic mass is 32.1. The standard InChI is InChI=1S/C7H4FNS2/c8-6-4-9-7(11-6)5-2-1-3-10-5/h1-4H. The van der Waals surface area contributed by atoms with Gasteiger partial charge in [0.15, 0.2) is 5.13 Å². The Bertz CT molecular complexity index is 339. The molecule has 0 aliphatic rings. The number of hydrogen-bond donors (Lipinski definition) is 0. The van der Waals surface area contributed by atoms with Gasteiger partial charge in [-0.15, -0.1) is 11.3 Å². The number of rotatable bonds is 1. The lowest BCUT2D eigenvalue weighted by atomic mass is 10.5. The van der Waals surface area contributed by atoms with Gasteiger partial charge in [0.2, 0.25) is 0 Å².